The van der Waals surface area contributed by atoms with E-state index < -0.39 is 26.3 Å². The molecule has 2 N–H and O–H groups in total. The van der Waals surface area contributed by atoms with Crippen LogP contribution in [0.4, 0.5) is 5.82 Å². The molecular weight excluding hydrogens is 365 g/mol. The van der Waals surface area contributed by atoms with Gasteiger partial charge in [-0.25, -0.2) is 19.5 Å². The second-order valence-corrected chi connectivity index (χ2v) is 7.52. The zero-order chi connectivity index (χ0) is 18.3. The molecule has 4 rings (SSSR count). The average Bonchev–Trinajstić information content (AvgIpc) is 3.17. The maximum absolute atomic E-state index is 11.8. The largest absolute Gasteiger partial charge is 0.472 e. The molecule has 2 saturated heterocycles. The van der Waals surface area contributed by atoms with Crippen molar-refractivity contribution in [1.29, 1.82) is 0 Å². The van der Waals surface area contributed by atoms with E-state index in [-0.39, 0.29) is 12.5 Å². The van der Waals surface area contributed by atoms with Crippen LogP contribution in [0.15, 0.2) is 12.7 Å². The molecule has 140 valence electrons. The molecule has 12 heteroatoms. The molecule has 0 spiro atoms. The lowest BCUT2D eigenvalue weighted by Gasteiger charge is -2.26. The molecule has 26 heavy (non-hydrogen) atoms. The number of ether oxygens (including phenoxy) is 1. The minimum Gasteiger partial charge on any atom is -0.349 e. The van der Waals surface area contributed by atoms with Crippen LogP contribution in [0.3, 0.4) is 0 Å². The van der Waals surface area contributed by atoms with Gasteiger partial charge in [-0.3, -0.25) is 18.4 Å². The summed E-state index contributed by atoms with van der Waals surface area (Å²) in [5.74, 6) is 0.191. The number of aromatic nitrogens is 4. The molecule has 0 bridgehead atoms. The molecule has 1 unspecified atom stereocenters. The first-order valence-electron chi connectivity index (χ1n) is 8.25. The predicted octanol–water partition coefficient (Wildman–Crippen LogP) is 1.37. The van der Waals surface area contributed by atoms with Gasteiger partial charge < -0.3 is 14.9 Å². The van der Waals surface area contributed by atoms with Crippen molar-refractivity contribution in [3.63, 3.8) is 0 Å². The van der Waals surface area contributed by atoms with Crippen molar-refractivity contribution in [2.45, 2.75) is 44.6 Å². The number of nitrogens with zero attached hydrogens (tertiary/aromatic N) is 4. The number of carbonyl (C=O) groups is 1. The van der Waals surface area contributed by atoms with Gasteiger partial charge in [-0.1, -0.05) is 6.92 Å². The van der Waals surface area contributed by atoms with Gasteiger partial charge in [0.1, 0.15) is 24.8 Å². The highest BCUT2D eigenvalue weighted by molar-refractivity contribution is 7.47. The van der Waals surface area contributed by atoms with E-state index in [0.29, 0.717) is 29.8 Å². The maximum Gasteiger partial charge on any atom is 0.472 e. The lowest BCUT2D eigenvalue weighted by Crippen LogP contribution is -2.32. The fraction of sp³-hybridized carbons (Fsp3) is 0.571. The van der Waals surface area contributed by atoms with Gasteiger partial charge in [0.2, 0.25) is 5.91 Å². The molecule has 0 radical (unpaired) electrons. The number of fused-ring (bicyclic) bond motifs is 2. The second-order valence-electron chi connectivity index (χ2n) is 6.12. The molecule has 0 aromatic carbocycles. The van der Waals surface area contributed by atoms with Crippen LogP contribution in [0, 0.1) is 0 Å². The lowest BCUT2D eigenvalue weighted by atomic mass is 10.2. The van der Waals surface area contributed by atoms with E-state index in [2.05, 4.69) is 20.3 Å². The van der Waals surface area contributed by atoms with Crippen LogP contribution in [-0.4, -0.2) is 49.1 Å². The molecule has 11 nitrogen and oxygen atoms in total. The zero-order valence-electron chi connectivity index (χ0n) is 13.9. The highest BCUT2D eigenvalue weighted by Crippen LogP contribution is 2.52. The summed E-state index contributed by atoms with van der Waals surface area (Å²) in [6.45, 7) is 1.90. The van der Waals surface area contributed by atoms with Gasteiger partial charge in [-0.15, -0.1) is 0 Å². The molecule has 2 aromatic rings. The molecule has 2 aliphatic heterocycles. The summed E-state index contributed by atoms with van der Waals surface area (Å²) < 4.78 is 29.0. The highest BCUT2D eigenvalue weighted by atomic mass is 31.2. The quantitative estimate of drug-likeness (QED) is 0.750. The van der Waals surface area contributed by atoms with E-state index in [1.54, 1.807) is 4.57 Å². The summed E-state index contributed by atoms with van der Waals surface area (Å²) in [4.78, 5) is 33.9. The Bertz CT molecular complexity index is 888. The molecule has 0 saturated carbocycles. The minimum atomic E-state index is -4.02. The van der Waals surface area contributed by atoms with E-state index in [4.69, 9.17) is 13.8 Å². The summed E-state index contributed by atoms with van der Waals surface area (Å²) in [5, 5.41) is 2.73. The summed E-state index contributed by atoms with van der Waals surface area (Å²) in [6.07, 6.45) is 2.87. The fourth-order valence-corrected chi connectivity index (χ4v) is 4.04. The summed E-state index contributed by atoms with van der Waals surface area (Å²) in [5.41, 5.74) is 0.934. The Balaban J connectivity index is 1.59. The monoisotopic (exact) mass is 383 g/mol. The van der Waals surface area contributed by atoms with Crippen LogP contribution in [0.5, 0.6) is 0 Å². The van der Waals surface area contributed by atoms with Gasteiger partial charge in [0.25, 0.3) is 0 Å². The third-order valence-corrected chi connectivity index (χ3v) is 5.27. The number of anilines is 1. The van der Waals surface area contributed by atoms with Crippen molar-refractivity contribution in [3.05, 3.63) is 12.7 Å². The Hall–Kier alpha value is -1.91. The number of hydrogen-bond acceptors (Lipinski definition) is 8. The van der Waals surface area contributed by atoms with Crippen LogP contribution in [0.1, 0.15) is 32.4 Å². The van der Waals surface area contributed by atoms with Crippen molar-refractivity contribution in [2.24, 2.45) is 0 Å². The first kappa shape index (κ1) is 17.5. The van der Waals surface area contributed by atoms with Crippen LogP contribution in [0.2, 0.25) is 0 Å². The van der Waals surface area contributed by atoms with Crippen LogP contribution in [0.25, 0.3) is 11.2 Å². The summed E-state index contributed by atoms with van der Waals surface area (Å²) >= 11 is 0. The standard InChI is InChI=1S/C14H18N5O6P/c1-2-3-10(20)18-13-12-14(16-6-15-13)19(7-17-12)11-4-8-9(24-11)5-23-26(21,22)25-8/h6-9,11H,2-5H2,1H3,(H,21,22)(H,15,16,18,20)/t8-,9+,11+/m0/s1. The molecule has 0 aliphatic carbocycles. The van der Waals surface area contributed by atoms with E-state index >= 15 is 0 Å². The molecule has 2 aromatic heterocycles. The van der Waals surface area contributed by atoms with Gasteiger partial charge in [-0.2, -0.15) is 0 Å². The Morgan fingerprint density at radius 2 is 2.27 bits per heavy atom. The van der Waals surface area contributed by atoms with Gasteiger partial charge in [0.15, 0.2) is 17.0 Å². The molecular formula is C14H18N5O6P. The predicted molar refractivity (Wildman–Crippen MR) is 88.0 cm³/mol. The number of amides is 1. The Morgan fingerprint density at radius 3 is 3.08 bits per heavy atom. The van der Waals surface area contributed by atoms with Gasteiger partial charge in [-0.05, 0) is 6.42 Å². The topological polar surface area (TPSA) is 138 Å². The Kier molecular flexibility index (Phi) is 4.49. The second kappa shape index (κ2) is 6.67. The van der Waals surface area contributed by atoms with E-state index in [9.17, 15) is 14.3 Å². The minimum absolute atomic E-state index is 0.0190. The highest BCUT2D eigenvalue weighted by Gasteiger charge is 2.46. The normalized spacial score (nSPS) is 31.1. The van der Waals surface area contributed by atoms with Crippen LogP contribution < -0.4 is 5.32 Å². The van der Waals surface area contributed by atoms with Crippen molar-refractivity contribution < 1.29 is 28.0 Å². The van der Waals surface area contributed by atoms with Crippen molar-refractivity contribution in [3.8, 4) is 0 Å². The van der Waals surface area contributed by atoms with Crippen molar-refractivity contribution in [2.75, 3.05) is 11.9 Å². The lowest BCUT2D eigenvalue weighted by molar-refractivity contribution is -0.116. The molecule has 1 amide bonds. The number of nitrogens with one attached hydrogen (secondary N) is 1. The SMILES string of the molecule is CCCC(=O)Nc1ncnc2c1ncn2[C@H]1C[C@@H]2OP(=O)(O)OC[C@H]2O1. The van der Waals surface area contributed by atoms with Crippen LogP contribution >= 0.6 is 7.82 Å². The first-order valence-corrected chi connectivity index (χ1v) is 9.75. The molecule has 2 fully saturated rings. The van der Waals surface area contributed by atoms with Crippen LogP contribution in [-0.2, 0) is 23.1 Å². The molecule has 4 atom stereocenters. The first-order chi connectivity index (χ1) is 12.5. The van der Waals surface area contributed by atoms with Gasteiger partial charge >= 0.3 is 7.82 Å². The average molecular weight is 383 g/mol. The third kappa shape index (κ3) is 3.24. The molecule has 4 heterocycles. The smallest absolute Gasteiger partial charge is 0.349 e. The number of phosphoric ester groups is 1. The van der Waals surface area contributed by atoms with Crippen molar-refractivity contribution in [1.82, 2.24) is 19.5 Å². The van der Waals surface area contributed by atoms with Crippen molar-refractivity contribution >= 4 is 30.7 Å². The van der Waals surface area contributed by atoms with E-state index in [1.807, 2.05) is 6.92 Å². The summed E-state index contributed by atoms with van der Waals surface area (Å²) in [7, 11) is -4.02. The third-order valence-electron chi connectivity index (χ3n) is 4.25. The molecule has 2 aliphatic rings. The Morgan fingerprint density at radius 1 is 1.42 bits per heavy atom. The zero-order valence-corrected chi connectivity index (χ0v) is 14.8. The number of phosphoric acid groups is 1. The van der Waals surface area contributed by atoms with E-state index in [1.165, 1.54) is 12.7 Å². The Labute approximate surface area is 148 Å². The van der Waals surface area contributed by atoms with E-state index in [0.717, 1.165) is 6.42 Å². The number of imidazole rings is 1. The fourth-order valence-electron chi connectivity index (χ4n) is 3.08. The number of rotatable bonds is 4. The maximum atomic E-state index is 11.8. The number of hydrogen-bond donors (Lipinski definition) is 2. The van der Waals surface area contributed by atoms with Gasteiger partial charge in [0.05, 0.1) is 12.9 Å². The van der Waals surface area contributed by atoms with Gasteiger partial charge in [0, 0.05) is 12.8 Å². The number of carbonyl (C=O) groups excluding carboxylic acids is 1. The summed E-state index contributed by atoms with van der Waals surface area (Å²) in [6, 6.07) is 0.